The molecule has 168 valence electrons. The van der Waals surface area contributed by atoms with E-state index in [4.69, 9.17) is 9.47 Å². The van der Waals surface area contributed by atoms with Crippen LogP contribution in [0, 0.1) is 12.3 Å². The summed E-state index contributed by atoms with van der Waals surface area (Å²) in [6.07, 6.45) is -7.50. The third-order valence-electron chi connectivity index (χ3n) is 6.23. The summed E-state index contributed by atoms with van der Waals surface area (Å²) < 4.78 is 10.9. The van der Waals surface area contributed by atoms with Crippen molar-refractivity contribution in [2.45, 2.75) is 70.6 Å². The summed E-state index contributed by atoms with van der Waals surface area (Å²) in [5.74, 6) is -0.231. The predicted octanol–water partition coefficient (Wildman–Crippen LogP) is -0.898. The van der Waals surface area contributed by atoms with Gasteiger partial charge in [0.25, 0.3) is 0 Å². The fourth-order valence-electron chi connectivity index (χ4n) is 4.28. The molecule has 1 aromatic rings. The lowest BCUT2D eigenvalue weighted by molar-refractivity contribution is -0.300. The van der Waals surface area contributed by atoms with E-state index in [0.29, 0.717) is 22.3 Å². The van der Waals surface area contributed by atoms with Crippen molar-refractivity contribution >= 4 is 5.78 Å². The Bertz CT molecular complexity index is 804. The molecule has 0 bridgehead atoms. The van der Waals surface area contributed by atoms with Crippen LogP contribution in [-0.2, 0) is 22.5 Å². The van der Waals surface area contributed by atoms with E-state index >= 15 is 0 Å². The predicted molar refractivity (Wildman–Crippen MR) is 104 cm³/mol. The summed E-state index contributed by atoms with van der Waals surface area (Å²) in [4.78, 5) is 12.8. The second kappa shape index (κ2) is 8.60. The molecule has 2 aliphatic rings. The van der Waals surface area contributed by atoms with E-state index in [1.807, 2.05) is 6.92 Å². The highest BCUT2D eigenvalue weighted by Crippen LogP contribution is 2.47. The van der Waals surface area contributed by atoms with E-state index in [-0.39, 0.29) is 25.4 Å². The summed E-state index contributed by atoms with van der Waals surface area (Å²) in [5.41, 5.74) is 1.77. The van der Waals surface area contributed by atoms with Gasteiger partial charge in [-0.15, -0.1) is 0 Å². The number of aliphatic hydroxyl groups excluding tert-OH is 6. The zero-order valence-corrected chi connectivity index (χ0v) is 17.3. The second-order valence-electron chi connectivity index (χ2n) is 8.54. The number of hydrogen-bond acceptors (Lipinski definition) is 9. The van der Waals surface area contributed by atoms with Crippen LogP contribution in [0.2, 0.25) is 0 Å². The van der Waals surface area contributed by atoms with Gasteiger partial charge in [0.1, 0.15) is 24.4 Å². The van der Waals surface area contributed by atoms with Crippen LogP contribution in [0.15, 0.2) is 6.07 Å². The molecule has 6 atom stereocenters. The van der Waals surface area contributed by atoms with Gasteiger partial charge < -0.3 is 40.1 Å². The average Bonchev–Trinajstić information content (AvgIpc) is 2.88. The Morgan fingerprint density at radius 1 is 1.07 bits per heavy atom. The van der Waals surface area contributed by atoms with E-state index in [2.05, 4.69) is 0 Å². The van der Waals surface area contributed by atoms with Crippen molar-refractivity contribution in [1.29, 1.82) is 0 Å². The number of fused-ring (bicyclic) bond motifs is 1. The smallest absolute Gasteiger partial charge is 0.186 e. The van der Waals surface area contributed by atoms with E-state index in [0.717, 1.165) is 5.56 Å². The first-order chi connectivity index (χ1) is 14.1. The summed E-state index contributed by atoms with van der Waals surface area (Å²) in [5, 5.41) is 59.5. The molecule has 0 saturated carbocycles. The zero-order chi connectivity index (χ0) is 22.4. The van der Waals surface area contributed by atoms with Crippen molar-refractivity contribution in [3.05, 3.63) is 33.9 Å². The molecule has 0 amide bonds. The Morgan fingerprint density at radius 3 is 2.33 bits per heavy atom. The number of ketones is 1. The molecule has 0 aromatic heterocycles. The van der Waals surface area contributed by atoms with Gasteiger partial charge in [-0.05, 0) is 49.4 Å². The number of carbonyl (C=O) groups excluding carboxylic acids is 1. The quantitative estimate of drug-likeness (QED) is 0.339. The first-order valence-corrected chi connectivity index (χ1v) is 9.97. The molecule has 1 aliphatic heterocycles. The van der Waals surface area contributed by atoms with Crippen molar-refractivity contribution in [2.24, 2.45) is 5.41 Å². The molecule has 6 N–H and O–H groups in total. The number of aryl methyl sites for hydroxylation is 1. The van der Waals surface area contributed by atoms with E-state index in [1.54, 1.807) is 19.9 Å². The van der Waals surface area contributed by atoms with Crippen LogP contribution in [0.5, 0.6) is 0 Å². The maximum Gasteiger partial charge on any atom is 0.186 e. The van der Waals surface area contributed by atoms with Crippen molar-refractivity contribution < 1.29 is 44.9 Å². The van der Waals surface area contributed by atoms with Crippen LogP contribution in [0.1, 0.15) is 52.6 Å². The Balaban J connectivity index is 1.79. The van der Waals surface area contributed by atoms with Crippen molar-refractivity contribution in [3.8, 4) is 0 Å². The zero-order valence-electron chi connectivity index (χ0n) is 17.3. The monoisotopic (exact) mass is 426 g/mol. The van der Waals surface area contributed by atoms with E-state index in [1.165, 1.54) is 0 Å². The van der Waals surface area contributed by atoms with Gasteiger partial charge in [0.05, 0.1) is 31.3 Å². The lowest BCUT2D eigenvalue weighted by atomic mass is 9.86. The van der Waals surface area contributed by atoms with E-state index in [9.17, 15) is 35.4 Å². The van der Waals surface area contributed by atoms with Crippen LogP contribution < -0.4 is 0 Å². The highest BCUT2D eigenvalue weighted by atomic mass is 16.7. The van der Waals surface area contributed by atoms with Gasteiger partial charge in [-0.25, -0.2) is 0 Å². The molecule has 9 nitrogen and oxygen atoms in total. The molecule has 3 rings (SSSR count). The Kier molecular flexibility index (Phi) is 6.66. The summed E-state index contributed by atoms with van der Waals surface area (Å²) in [6.45, 7) is 4.23. The minimum absolute atomic E-state index is 0.0233. The largest absolute Gasteiger partial charge is 0.394 e. The highest BCUT2D eigenvalue weighted by molar-refractivity contribution is 6.06. The minimum atomic E-state index is -1.53. The molecule has 0 radical (unpaired) electrons. The molecular weight excluding hydrogens is 396 g/mol. The number of aliphatic hydroxyl groups is 6. The summed E-state index contributed by atoms with van der Waals surface area (Å²) >= 11 is 0. The SMILES string of the molecule is Cc1cc2c(c(CO)c1CCO[C@@H]1O[C@H](CO)[C@@H](O)[C@H](O)[C@H]1O)C(=O)C(C)(C)[C@@H]2O. The Hall–Kier alpha value is -1.43. The van der Waals surface area contributed by atoms with Crippen molar-refractivity contribution in [3.63, 3.8) is 0 Å². The van der Waals surface area contributed by atoms with Gasteiger partial charge in [0.15, 0.2) is 12.1 Å². The van der Waals surface area contributed by atoms with Crippen LogP contribution in [0.4, 0.5) is 0 Å². The van der Waals surface area contributed by atoms with Gasteiger partial charge in [-0.2, -0.15) is 0 Å². The van der Waals surface area contributed by atoms with E-state index < -0.39 is 48.8 Å². The molecule has 1 aliphatic carbocycles. The third kappa shape index (κ3) is 3.69. The van der Waals surface area contributed by atoms with Crippen molar-refractivity contribution in [2.75, 3.05) is 13.2 Å². The summed E-state index contributed by atoms with van der Waals surface area (Å²) in [7, 11) is 0. The van der Waals surface area contributed by atoms with Crippen LogP contribution in [0.25, 0.3) is 0 Å². The molecule has 30 heavy (non-hydrogen) atoms. The maximum absolute atomic E-state index is 12.8. The number of carbonyl (C=O) groups is 1. The molecule has 1 saturated heterocycles. The number of rotatable bonds is 6. The number of Topliss-reactive ketones (excluding diaryl/α,β-unsaturated/α-hetero) is 1. The number of hydrogen-bond donors (Lipinski definition) is 6. The van der Waals surface area contributed by atoms with Gasteiger partial charge in [-0.1, -0.05) is 6.07 Å². The lowest BCUT2D eigenvalue weighted by Crippen LogP contribution is -2.59. The molecule has 1 heterocycles. The number of benzene rings is 1. The minimum Gasteiger partial charge on any atom is -0.394 e. The second-order valence-corrected chi connectivity index (χ2v) is 8.54. The lowest BCUT2D eigenvalue weighted by Gasteiger charge is -2.39. The van der Waals surface area contributed by atoms with Crippen LogP contribution >= 0.6 is 0 Å². The van der Waals surface area contributed by atoms with Crippen LogP contribution in [-0.4, -0.2) is 80.3 Å². The fraction of sp³-hybridized carbons (Fsp3) is 0.667. The molecular formula is C21H30O9. The maximum atomic E-state index is 12.8. The standard InChI is InChI=1S/C21H30O9/c1-9-6-11-14(19(28)21(2,3)18(11)27)12(7-22)10(9)4-5-29-20-17(26)16(25)15(24)13(8-23)30-20/h6,13,15-18,20,22-27H,4-5,7-8H2,1-3H3/t13-,15-,16+,17-,18-,20-/m1/s1. The van der Waals surface area contributed by atoms with Crippen molar-refractivity contribution in [1.82, 2.24) is 0 Å². The topological polar surface area (TPSA) is 157 Å². The third-order valence-corrected chi connectivity index (χ3v) is 6.23. The first-order valence-electron chi connectivity index (χ1n) is 9.97. The summed E-state index contributed by atoms with van der Waals surface area (Å²) in [6, 6.07) is 1.75. The van der Waals surface area contributed by atoms with Gasteiger partial charge in [0, 0.05) is 5.56 Å². The highest BCUT2D eigenvalue weighted by Gasteiger charge is 2.47. The van der Waals surface area contributed by atoms with Gasteiger partial charge >= 0.3 is 0 Å². The number of ether oxygens (including phenoxy) is 2. The first kappa shape index (κ1) is 23.2. The average molecular weight is 426 g/mol. The molecule has 0 unspecified atom stereocenters. The van der Waals surface area contributed by atoms with Crippen LogP contribution in [0.3, 0.4) is 0 Å². The normalized spacial score (nSPS) is 33.0. The molecule has 0 spiro atoms. The fourth-order valence-corrected chi connectivity index (χ4v) is 4.28. The Morgan fingerprint density at radius 2 is 1.73 bits per heavy atom. The van der Waals surface area contributed by atoms with Gasteiger partial charge in [-0.3, -0.25) is 4.79 Å². The van der Waals surface area contributed by atoms with Gasteiger partial charge in [0.2, 0.25) is 0 Å². The molecule has 9 heteroatoms. The Labute approximate surface area is 174 Å². The molecule has 1 fully saturated rings. The molecule has 1 aromatic carbocycles.